The van der Waals surface area contributed by atoms with E-state index >= 15 is 0 Å². The van der Waals surface area contributed by atoms with Gasteiger partial charge in [-0.15, -0.1) is 0 Å². The molecule has 0 heterocycles. The van der Waals surface area contributed by atoms with E-state index in [1.165, 1.54) is 52.0 Å². The van der Waals surface area contributed by atoms with Gasteiger partial charge in [0.15, 0.2) is 24.4 Å². The third-order valence-corrected chi connectivity index (χ3v) is 5.99. The molecule has 0 radical (unpaired) electrons. The first-order valence-electron chi connectivity index (χ1n) is 11.6. The number of ether oxygens (including phenoxy) is 4. The van der Waals surface area contributed by atoms with Crippen LogP contribution in [0.15, 0.2) is 46.6 Å². The minimum absolute atomic E-state index is 0.179. The lowest BCUT2D eigenvalue weighted by atomic mass is 9.84. The number of hydrogen-bond donors (Lipinski definition) is 2. The number of rotatable bonds is 8. The lowest BCUT2D eigenvalue weighted by molar-refractivity contribution is -0.249. The normalized spacial score (nSPS) is 27.7. The molecule has 0 aromatic carbocycles. The van der Waals surface area contributed by atoms with Crippen LogP contribution in [0, 0.1) is 0 Å². The summed E-state index contributed by atoms with van der Waals surface area (Å²) < 4.78 is 21.9. The van der Waals surface area contributed by atoms with Crippen LogP contribution in [-0.4, -0.2) is 70.7 Å². The molecule has 1 aliphatic carbocycles. The van der Waals surface area contributed by atoms with E-state index in [1.54, 1.807) is 27.7 Å². The zero-order chi connectivity index (χ0) is 27.7. The number of esters is 4. The lowest BCUT2D eigenvalue weighted by Gasteiger charge is -2.45. The highest BCUT2D eigenvalue weighted by Gasteiger charge is 2.57. The largest absolute Gasteiger partial charge is 0.452 e. The van der Waals surface area contributed by atoms with Crippen molar-refractivity contribution in [1.82, 2.24) is 0 Å². The SMILES string of the molecule is C/C=C(\C)C(=O)O[C@H]1[C@H](OC(=O)/C(C)=C/C)[C@@H](OC(=O)/C(C)=C/C)[C@@H](O)[C@H](O)[C@@H]1OC(=O)/C(C)=C/C. The quantitative estimate of drug-likeness (QED) is 0.284. The topological polar surface area (TPSA) is 146 Å². The van der Waals surface area contributed by atoms with Gasteiger partial charge in [0.1, 0.15) is 12.2 Å². The molecule has 0 aliphatic heterocycles. The molecule has 1 saturated carbocycles. The van der Waals surface area contributed by atoms with Gasteiger partial charge in [-0.2, -0.15) is 0 Å². The maximum atomic E-state index is 12.7. The van der Waals surface area contributed by atoms with E-state index in [2.05, 4.69) is 0 Å². The van der Waals surface area contributed by atoms with Crippen molar-refractivity contribution in [3.05, 3.63) is 46.6 Å². The van der Waals surface area contributed by atoms with Crippen molar-refractivity contribution in [2.75, 3.05) is 0 Å². The molecule has 0 saturated heterocycles. The lowest BCUT2D eigenvalue weighted by Crippen LogP contribution is -2.67. The Kier molecular flexibility index (Phi) is 11.8. The second kappa shape index (κ2) is 13.7. The van der Waals surface area contributed by atoms with Gasteiger partial charge in [0, 0.05) is 22.3 Å². The van der Waals surface area contributed by atoms with E-state index in [0.29, 0.717) is 0 Å². The Labute approximate surface area is 211 Å². The predicted molar refractivity (Wildman–Crippen MR) is 129 cm³/mol. The first-order valence-corrected chi connectivity index (χ1v) is 11.6. The van der Waals surface area contributed by atoms with E-state index in [1.807, 2.05) is 0 Å². The molecule has 10 nitrogen and oxygen atoms in total. The number of carbonyl (C=O) groups excluding carboxylic acids is 4. The molecule has 0 aromatic rings. The minimum atomic E-state index is -1.86. The number of allylic oxidation sites excluding steroid dienone is 4. The van der Waals surface area contributed by atoms with E-state index in [9.17, 15) is 29.4 Å². The summed E-state index contributed by atoms with van der Waals surface area (Å²) in [7, 11) is 0. The Hall–Kier alpha value is -3.24. The van der Waals surface area contributed by atoms with Crippen LogP contribution in [0.4, 0.5) is 0 Å². The monoisotopic (exact) mass is 508 g/mol. The zero-order valence-corrected chi connectivity index (χ0v) is 21.9. The Bertz CT molecular complexity index is 893. The Balaban J connectivity index is 3.67. The highest BCUT2D eigenvalue weighted by molar-refractivity contribution is 5.90. The second-order valence-electron chi connectivity index (χ2n) is 8.35. The first kappa shape index (κ1) is 30.8. The van der Waals surface area contributed by atoms with Gasteiger partial charge in [0.25, 0.3) is 0 Å². The van der Waals surface area contributed by atoms with Crippen LogP contribution in [0.1, 0.15) is 55.4 Å². The van der Waals surface area contributed by atoms with Crippen molar-refractivity contribution in [2.24, 2.45) is 0 Å². The fraction of sp³-hybridized carbons (Fsp3) is 0.538. The molecule has 0 aromatic heterocycles. The Morgan fingerprint density at radius 1 is 0.472 bits per heavy atom. The summed E-state index contributed by atoms with van der Waals surface area (Å²) in [5, 5.41) is 21.8. The third kappa shape index (κ3) is 7.38. The molecule has 200 valence electrons. The minimum Gasteiger partial charge on any atom is -0.452 e. The van der Waals surface area contributed by atoms with Crippen molar-refractivity contribution in [3.63, 3.8) is 0 Å². The van der Waals surface area contributed by atoms with Crippen molar-refractivity contribution in [3.8, 4) is 0 Å². The summed E-state index contributed by atoms with van der Waals surface area (Å²) >= 11 is 0. The van der Waals surface area contributed by atoms with Crippen LogP contribution in [0.2, 0.25) is 0 Å². The number of aliphatic hydroxyl groups excluding tert-OH is 2. The van der Waals surface area contributed by atoms with E-state index in [-0.39, 0.29) is 22.3 Å². The van der Waals surface area contributed by atoms with Crippen molar-refractivity contribution >= 4 is 23.9 Å². The number of carbonyl (C=O) groups is 4. The second-order valence-corrected chi connectivity index (χ2v) is 8.35. The molecule has 0 bridgehead atoms. The highest BCUT2D eigenvalue weighted by Crippen LogP contribution is 2.32. The van der Waals surface area contributed by atoms with Gasteiger partial charge in [-0.1, -0.05) is 24.3 Å². The Morgan fingerprint density at radius 2 is 0.667 bits per heavy atom. The highest BCUT2D eigenvalue weighted by atomic mass is 16.6. The molecule has 2 N–H and O–H groups in total. The average molecular weight is 509 g/mol. The number of aliphatic hydroxyl groups is 2. The molecular formula is C26H36O10. The van der Waals surface area contributed by atoms with Crippen LogP contribution in [-0.2, 0) is 38.1 Å². The summed E-state index contributed by atoms with van der Waals surface area (Å²) in [6.45, 7) is 12.3. The zero-order valence-electron chi connectivity index (χ0n) is 21.9. The summed E-state index contributed by atoms with van der Waals surface area (Å²) in [5.74, 6) is -3.42. The molecule has 10 heteroatoms. The Morgan fingerprint density at radius 3 is 0.861 bits per heavy atom. The standard InChI is InChI=1S/C26H36O10/c1-9-13(5)23(29)33-19-17(27)18(28)20(34-24(30)14(6)10-2)22(36-26(32)16(8)12-4)21(19)35-25(31)15(7)11-3/h9-12,17-22,27-28H,1-8H3/b13-9+,14-10+,15-11+,16-12+/t17-,18-,19-,20-,21+,22+/m0/s1. The van der Waals surface area contributed by atoms with Gasteiger partial charge < -0.3 is 29.2 Å². The van der Waals surface area contributed by atoms with Crippen LogP contribution < -0.4 is 0 Å². The van der Waals surface area contributed by atoms with Crippen LogP contribution in [0.5, 0.6) is 0 Å². The molecule has 0 spiro atoms. The fourth-order valence-electron chi connectivity index (χ4n) is 3.03. The fourth-order valence-corrected chi connectivity index (χ4v) is 3.03. The first-order chi connectivity index (χ1) is 16.8. The van der Waals surface area contributed by atoms with Crippen molar-refractivity contribution in [2.45, 2.75) is 92.0 Å². The van der Waals surface area contributed by atoms with Gasteiger partial charge in [-0.05, 0) is 55.4 Å². The molecule has 0 unspecified atom stereocenters. The smallest absolute Gasteiger partial charge is 0.333 e. The molecule has 1 aliphatic rings. The van der Waals surface area contributed by atoms with Gasteiger partial charge in [-0.25, -0.2) is 19.2 Å². The maximum absolute atomic E-state index is 12.7. The molecule has 1 rings (SSSR count). The van der Waals surface area contributed by atoms with E-state index in [0.717, 1.165) is 0 Å². The van der Waals surface area contributed by atoms with Crippen LogP contribution in [0.3, 0.4) is 0 Å². The molecule has 1 fully saturated rings. The van der Waals surface area contributed by atoms with Gasteiger partial charge in [0.05, 0.1) is 0 Å². The summed E-state index contributed by atoms with van der Waals surface area (Å²) in [6.07, 6.45) is -4.40. The van der Waals surface area contributed by atoms with Crippen molar-refractivity contribution in [1.29, 1.82) is 0 Å². The third-order valence-electron chi connectivity index (χ3n) is 5.99. The summed E-state index contributed by atoms with van der Waals surface area (Å²) in [5.41, 5.74) is 0.723. The summed E-state index contributed by atoms with van der Waals surface area (Å²) in [6, 6.07) is 0. The van der Waals surface area contributed by atoms with Gasteiger partial charge in [0.2, 0.25) is 0 Å². The van der Waals surface area contributed by atoms with E-state index in [4.69, 9.17) is 18.9 Å². The maximum Gasteiger partial charge on any atom is 0.333 e. The molecule has 36 heavy (non-hydrogen) atoms. The molecule has 0 amide bonds. The average Bonchev–Trinajstić information content (AvgIpc) is 2.88. The van der Waals surface area contributed by atoms with Gasteiger partial charge in [-0.3, -0.25) is 0 Å². The van der Waals surface area contributed by atoms with Crippen LogP contribution >= 0.6 is 0 Å². The predicted octanol–water partition coefficient (Wildman–Crippen LogP) is 2.23. The van der Waals surface area contributed by atoms with Crippen LogP contribution in [0.25, 0.3) is 0 Å². The molecule has 6 atom stereocenters. The number of hydrogen-bond acceptors (Lipinski definition) is 10. The summed E-state index contributed by atoms with van der Waals surface area (Å²) in [4.78, 5) is 50.5. The van der Waals surface area contributed by atoms with Crippen molar-refractivity contribution < 1.29 is 48.3 Å². The molecular weight excluding hydrogens is 472 g/mol. The van der Waals surface area contributed by atoms with Gasteiger partial charge >= 0.3 is 23.9 Å². The van der Waals surface area contributed by atoms with E-state index < -0.39 is 60.5 Å².